The SMILES string of the molecule is COc1cccc(COC(=O)N(OCc2cocn2)c2ccc(-c3cn[nH]c3)cc2)c1. The molecule has 0 aliphatic rings. The summed E-state index contributed by atoms with van der Waals surface area (Å²) in [7, 11) is 1.58. The first-order valence-corrected chi connectivity index (χ1v) is 9.42. The van der Waals surface area contributed by atoms with E-state index >= 15 is 0 Å². The average Bonchev–Trinajstić information content (AvgIpc) is 3.53. The molecule has 0 spiro atoms. The largest absolute Gasteiger partial charge is 0.497 e. The van der Waals surface area contributed by atoms with Crippen molar-refractivity contribution < 1.29 is 23.5 Å². The summed E-state index contributed by atoms with van der Waals surface area (Å²) in [5.74, 6) is 0.683. The predicted molar refractivity (Wildman–Crippen MR) is 111 cm³/mol. The van der Waals surface area contributed by atoms with Gasteiger partial charge < -0.3 is 13.9 Å². The number of hydrogen-bond donors (Lipinski definition) is 1. The number of anilines is 1. The Balaban J connectivity index is 1.49. The molecule has 0 unspecified atom stereocenters. The normalized spacial score (nSPS) is 10.6. The number of hydrogen-bond acceptors (Lipinski definition) is 7. The first-order chi connectivity index (χ1) is 15.2. The summed E-state index contributed by atoms with van der Waals surface area (Å²) in [5, 5.41) is 7.82. The summed E-state index contributed by atoms with van der Waals surface area (Å²) >= 11 is 0. The summed E-state index contributed by atoms with van der Waals surface area (Å²) in [6.45, 7) is 0.0984. The second kappa shape index (κ2) is 9.59. The van der Waals surface area contributed by atoms with Gasteiger partial charge >= 0.3 is 6.09 Å². The molecule has 0 radical (unpaired) electrons. The molecule has 1 N–H and O–H groups in total. The van der Waals surface area contributed by atoms with E-state index in [1.807, 2.05) is 30.3 Å². The number of carbonyl (C=O) groups is 1. The molecular weight excluding hydrogens is 400 g/mol. The molecule has 0 aliphatic carbocycles. The molecular formula is C22H20N4O5. The number of H-pyrrole nitrogens is 1. The van der Waals surface area contributed by atoms with Crippen molar-refractivity contribution in [2.45, 2.75) is 13.2 Å². The Labute approximate surface area is 178 Å². The van der Waals surface area contributed by atoms with E-state index in [9.17, 15) is 4.79 Å². The highest BCUT2D eigenvalue weighted by Gasteiger charge is 2.20. The lowest BCUT2D eigenvalue weighted by molar-refractivity contribution is 0.0626. The zero-order chi connectivity index (χ0) is 21.5. The molecule has 9 nitrogen and oxygen atoms in total. The molecule has 158 valence electrons. The number of nitrogens with zero attached hydrogens (tertiary/aromatic N) is 3. The summed E-state index contributed by atoms with van der Waals surface area (Å²) in [6.07, 6.45) is 5.58. The topological polar surface area (TPSA) is 103 Å². The number of aromatic nitrogens is 3. The number of hydroxylamine groups is 1. The van der Waals surface area contributed by atoms with Gasteiger partial charge in [-0.3, -0.25) is 9.94 Å². The molecule has 2 aromatic carbocycles. The Morgan fingerprint density at radius 3 is 2.71 bits per heavy atom. The fourth-order valence-corrected chi connectivity index (χ4v) is 2.84. The zero-order valence-corrected chi connectivity index (χ0v) is 16.7. The van der Waals surface area contributed by atoms with Crippen LogP contribution in [-0.2, 0) is 22.8 Å². The summed E-state index contributed by atoms with van der Waals surface area (Å²) in [4.78, 5) is 22.5. The van der Waals surface area contributed by atoms with Crippen molar-refractivity contribution in [2.75, 3.05) is 12.2 Å². The Kier molecular flexibility index (Phi) is 6.24. The van der Waals surface area contributed by atoms with E-state index in [4.69, 9.17) is 18.7 Å². The van der Waals surface area contributed by atoms with Crippen molar-refractivity contribution in [3.8, 4) is 16.9 Å². The minimum atomic E-state index is -0.664. The molecule has 1 amide bonds. The number of amides is 1. The van der Waals surface area contributed by atoms with Gasteiger partial charge in [-0.15, -0.1) is 0 Å². The predicted octanol–water partition coefficient (Wildman–Crippen LogP) is 4.35. The zero-order valence-electron chi connectivity index (χ0n) is 16.7. The van der Waals surface area contributed by atoms with Gasteiger partial charge in [-0.1, -0.05) is 24.3 Å². The molecule has 0 atom stereocenters. The maximum atomic E-state index is 12.8. The van der Waals surface area contributed by atoms with Crippen LogP contribution in [0.4, 0.5) is 10.5 Å². The van der Waals surface area contributed by atoms with Gasteiger partial charge in [0.05, 0.1) is 19.0 Å². The van der Waals surface area contributed by atoms with Crippen molar-refractivity contribution in [1.29, 1.82) is 0 Å². The van der Waals surface area contributed by atoms with E-state index in [0.29, 0.717) is 17.1 Å². The van der Waals surface area contributed by atoms with Gasteiger partial charge in [0, 0.05) is 11.8 Å². The molecule has 0 saturated heterocycles. The molecule has 0 bridgehead atoms. The van der Waals surface area contributed by atoms with Crippen molar-refractivity contribution in [1.82, 2.24) is 15.2 Å². The molecule has 9 heteroatoms. The van der Waals surface area contributed by atoms with Crippen LogP contribution in [0.25, 0.3) is 11.1 Å². The van der Waals surface area contributed by atoms with Crippen LogP contribution in [0.15, 0.2) is 78.0 Å². The van der Waals surface area contributed by atoms with Crippen molar-refractivity contribution in [3.05, 3.63) is 84.8 Å². The van der Waals surface area contributed by atoms with Gasteiger partial charge in [0.1, 0.15) is 30.9 Å². The number of methoxy groups -OCH3 is 1. The maximum absolute atomic E-state index is 12.8. The van der Waals surface area contributed by atoms with Crippen molar-refractivity contribution in [3.63, 3.8) is 0 Å². The van der Waals surface area contributed by atoms with E-state index in [-0.39, 0.29) is 13.2 Å². The van der Waals surface area contributed by atoms with Gasteiger partial charge in [-0.25, -0.2) is 9.78 Å². The number of oxazole rings is 1. The van der Waals surface area contributed by atoms with Crippen LogP contribution in [0.5, 0.6) is 5.75 Å². The van der Waals surface area contributed by atoms with Gasteiger partial charge in [0.15, 0.2) is 6.39 Å². The Morgan fingerprint density at radius 2 is 2.00 bits per heavy atom. The highest BCUT2D eigenvalue weighted by molar-refractivity contribution is 5.85. The van der Waals surface area contributed by atoms with Crippen LogP contribution in [0.1, 0.15) is 11.3 Å². The number of benzene rings is 2. The average molecular weight is 420 g/mol. The lowest BCUT2D eigenvalue weighted by Gasteiger charge is -2.21. The lowest BCUT2D eigenvalue weighted by Crippen LogP contribution is -2.31. The van der Waals surface area contributed by atoms with Crippen LogP contribution in [0.3, 0.4) is 0 Å². The fourth-order valence-electron chi connectivity index (χ4n) is 2.84. The Hall–Kier alpha value is -4.11. The third-order valence-electron chi connectivity index (χ3n) is 4.42. The smallest absolute Gasteiger partial charge is 0.439 e. The van der Waals surface area contributed by atoms with Crippen LogP contribution in [-0.4, -0.2) is 28.4 Å². The summed E-state index contributed by atoms with van der Waals surface area (Å²) in [6, 6.07) is 14.5. The standard InChI is InChI=1S/C22H20N4O5/c1-28-21-4-2-3-16(9-21)12-30-22(27)26(31-14-19-13-29-15-23-19)20-7-5-17(6-8-20)18-10-24-25-11-18/h2-11,13,15H,12,14H2,1H3,(H,24,25). The highest BCUT2D eigenvalue weighted by Crippen LogP contribution is 2.24. The molecule has 4 rings (SSSR count). The molecule has 0 fully saturated rings. The lowest BCUT2D eigenvalue weighted by atomic mass is 10.1. The van der Waals surface area contributed by atoms with E-state index in [0.717, 1.165) is 21.8 Å². The number of rotatable bonds is 8. The Morgan fingerprint density at radius 1 is 1.13 bits per heavy atom. The van der Waals surface area contributed by atoms with Gasteiger partial charge in [0.25, 0.3) is 0 Å². The van der Waals surface area contributed by atoms with Gasteiger partial charge in [-0.2, -0.15) is 10.2 Å². The highest BCUT2D eigenvalue weighted by atomic mass is 16.7. The quantitative estimate of drug-likeness (QED) is 0.423. The number of carbonyl (C=O) groups excluding carboxylic acids is 1. The van der Waals surface area contributed by atoms with Crippen LogP contribution >= 0.6 is 0 Å². The molecule has 4 aromatic rings. The second-order valence-corrected chi connectivity index (χ2v) is 6.49. The molecule has 2 heterocycles. The van der Waals surface area contributed by atoms with Crippen LogP contribution < -0.4 is 9.80 Å². The van der Waals surface area contributed by atoms with E-state index < -0.39 is 6.09 Å². The summed E-state index contributed by atoms with van der Waals surface area (Å²) in [5.41, 5.74) is 3.72. The first kappa shape index (κ1) is 20.2. The molecule has 2 aromatic heterocycles. The fraction of sp³-hybridized carbons (Fsp3) is 0.136. The second-order valence-electron chi connectivity index (χ2n) is 6.49. The van der Waals surface area contributed by atoms with E-state index in [1.54, 1.807) is 37.7 Å². The number of ether oxygens (including phenoxy) is 2. The first-order valence-electron chi connectivity index (χ1n) is 9.42. The number of aromatic amines is 1. The molecule has 31 heavy (non-hydrogen) atoms. The third kappa shape index (κ3) is 5.09. The van der Waals surface area contributed by atoms with E-state index in [2.05, 4.69) is 15.2 Å². The van der Waals surface area contributed by atoms with Gasteiger partial charge in [-0.05, 0) is 35.4 Å². The van der Waals surface area contributed by atoms with Crippen LogP contribution in [0, 0.1) is 0 Å². The summed E-state index contributed by atoms with van der Waals surface area (Å²) < 4.78 is 15.6. The number of nitrogens with one attached hydrogen (secondary N) is 1. The minimum Gasteiger partial charge on any atom is -0.497 e. The van der Waals surface area contributed by atoms with Crippen molar-refractivity contribution in [2.24, 2.45) is 0 Å². The van der Waals surface area contributed by atoms with E-state index in [1.165, 1.54) is 12.7 Å². The Bertz CT molecular complexity index is 1100. The van der Waals surface area contributed by atoms with Crippen molar-refractivity contribution >= 4 is 11.8 Å². The molecule has 0 saturated carbocycles. The van der Waals surface area contributed by atoms with Gasteiger partial charge in [0.2, 0.25) is 0 Å². The van der Waals surface area contributed by atoms with Crippen LogP contribution in [0.2, 0.25) is 0 Å². The third-order valence-corrected chi connectivity index (χ3v) is 4.42. The molecule has 0 aliphatic heterocycles. The maximum Gasteiger partial charge on any atom is 0.439 e. The minimum absolute atomic E-state index is 0.0360. The monoisotopic (exact) mass is 420 g/mol.